The average molecular weight is 468 g/mol. The third kappa shape index (κ3) is 5.28. The fourth-order valence-corrected chi connectivity index (χ4v) is 4.03. The van der Waals surface area contributed by atoms with Gasteiger partial charge in [-0.1, -0.05) is 6.58 Å². The number of rotatable bonds is 7. The highest BCUT2D eigenvalue weighted by atomic mass is 16.2. The van der Waals surface area contributed by atoms with Gasteiger partial charge in [-0.3, -0.25) is 15.0 Å². The van der Waals surface area contributed by atoms with Crippen molar-refractivity contribution in [3.63, 3.8) is 0 Å². The van der Waals surface area contributed by atoms with Crippen LogP contribution in [0.5, 0.6) is 0 Å². The van der Waals surface area contributed by atoms with E-state index in [1.807, 2.05) is 32.8 Å². The minimum Gasteiger partial charge on any atom is -0.400 e. The molecular weight excluding hydrogens is 434 g/mol. The van der Waals surface area contributed by atoms with Crippen LogP contribution in [-0.2, 0) is 4.79 Å². The summed E-state index contributed by atoms with van der Waals surface area (Å²) < 4.78 is 0. The van der Waals surface area contributed by atoms with Crippen molar-refractivity contribution in [3.05, 3.63) is 53.8 Å². The van der Waals surface area contributed by atoms with Gasteiger partial charge in [-0.2, -0.15) is 0 Å². The molecule has 0 unspecified atom stereocenters. The summed E-state index contributed by atoms with van der Waals surface area (Å²) in [5, 5.41) is 16.7. The van der Waals surface area contributed by atoms with Crippen LogP contribution in [0.15, 0.2) is 48.2 Å². The quantitative estimate of drug-likeness (QED) is 0.235. The molecule has 34 heavy (non-hydrogen) atoms. The fraction of sp³-hybridized carbons (Fsp3) is 0.417. The van der Waals surface area contributed by atoms with Crippen molar-refractivity contribution in [2.45, 2.75) is 37.8 Å². The molecule has 0 saturated heterocycles. The Hall–Kier alpha value is -3.66. The average Bonchev–Trinajstić information content (AvgIpc) is 3.45. The summed E-state index contributed by atoms with van der Waals surface area (Å²) in [6, 6.07) is 6.01. The first-order chi connectivity index (χ1) is 15.9. The van der Waals surface area contributed by atoms with Gasteiger partial charge >= 0.3 is 6.03 Å². The molecule has 6 N–H and O–H groups in total. The predicted molar refractivity (Wildman–Crippen MR) is 132 cm³/mol. The summed E-state index contributed by atoms with van der Waals surface area (Å²) in [6.45, 7) is 7.92. The standard InChI is InChI=1S/C24H33N7O3/c1-6-18(32)27-16-9-7-15(8-10-16)21(33)28-20(26)17-13-31(23(2,3)19(17)25)22(34)29-24(11-12-24)14-30(4)5/h6-10H,1,11-14,25H2,2-5H3,(H,27,32)(H,29,34)(H2,26,28,33). The Morgan fingerprint density at radius 1 is 1.21 bits per heavy atom. The molecule has 4 amide bonds. The Balaban J connectivity index is 1.66. The number of nitrogens with one attached hydrogen (secondary N) is 4. The number of hydrogen-bond donors (Lipinski definition) is 5. The first kappa shape index (κ1) is 25.0. The molecule has 1 aliphatic heterocycles. The van der Waals surface area contributed by atoms with Gasteiger partial charge in [0.25, 0.3) is 5.91 Å². The van der Waals surface area contributed by atoms with E-state index in [1.165, 1.54) is 12.1 Å². The molecule has 1 aromatic carbocycles. The van der Waals surface area contributed by atoms with Crippen molar-refractivity contribution in [2.75, 3.05) is 32.5 Å². The van der Waals surface area contributed by atoms with E-state index in [0.717, 1.165) is 25.5 Å². The highest BCUT2D eigenvalue weighted by molar-refractivity contribution is 6.12. The molecule has 182 valence electrons. The molecule has 3 rings (SSSR count). The van der Waals surface area contributed by atoms with Gasteiger partial charge in [-0.15, -0.1) is 0 Å². The highest BCUT2D eigenvalue weighted by Gasteiger charge is 2.48. The molecule has 0 radical (unpaired) electrons. The summed E-state index contributed by atoms with van der Waals surface area (Å²) in [5.41, 5.74) is 6.91. The van der Waals surface area contributed by atoms with Crippen LogP contribution in [-0.4, -0.2) is 71.7 Å². The molecule has 1 saturated carbocycles. The number of nitrogens with zero attached hydrogens (tertiary/aromatic N) is 2. The lowest BCUT2D eigenvalue weighted by atomic mass is 10.00. The third-order valence-electron chi connectivity index (χ3n) is 6.21. The van der Waals surface area contributed by atoms with Crippen molar-refractivity contribution in [2.24, 2.45) is 5.73 Å². The topological polar surface area (TPSA) is 144 Å². The first-order valence-corrected chi connectivity index (χ1v) is 11.1. The Kier molecular flexibility index (Phi) is 6.83. The Morgan fingerprint density at radius 3 is 2.35 bits per heavy atom. The molecule has 1 aromatic rings. The largest absolute Gasteiger partial charge is 0.400 e. The zero-order valence-corrected chi connectivity index (χ0v) is 20.1. The number of amidine groups is 1. The van der Waals surface area contributed by atoms with E-state index in [1.54, 1.807) is 17.0 Å². The summed E-state index contributed by atoms with van der Waals surface area (Å²) >= 11 is 0. The molecule has 1 aliphatic carbocycles. The highest BCUT2D eigenvalue weighted by Crippen LogP contribution is 2.38. The molecule has 10 heteroatoms. The van der Waals surface area contributed by atoms with Gasteiger partial charge in [0.05, 0.1) is 17.6 Å². The zero-order chi connectivity index (χ0) is 25.3. The van der Waals surface area contributed by atoms with Crippen LogP contribution in [0.1, 0.15) is 37.0 Å². The molecule has 0 spiro atoms. The van der Waals surface area contributed by atoms with Crippen molar-refractivity contribution in [3.8, 4) is 0 Å². The second-order valence-corrected chi connectivity index (χ2v) is 9.59. The molecule has 2 aliphatic rings. The second-order valence-electron chi connectivity index (χ2n) is 9.59. The molecule has 0 bridgehead atoms. The molecule has 1 heterocycles. The molecule has 0 atom stereocenters. The van der Waals surface area contributed by atoms with Crippen molar-refractivity contribution >= 4 is 29.4 Å². The molecule has 0 aromatic heterocycles. The van der Waals surface area contributed by atoms with E-state index in [4.69, 9.17) is 11.1 Å². The van der Waals surface area contributed by atoms with Gasteiger partial charge in [-0.25, -0.2) is 4.79 Å². The van der Waals surface area contributed by atoms with E-state index in [-0.39, 0.29) is 29.9 Å². The van der Waals surface area contributed by atoms with E-state index in [0.29, 0.717) is 22.5 Å². The summed E-state index contributed by atoms with van der Waals surface area (Å²) in [5.74, 6) is -0.993. The number of carbonyl (C=O) groups excluding carboxylic acids is 3. The number of nitrogens with two attached hydrogens (primary N) is 1. The minimum atomic E-state index is -0.810. The number of carbonyl (C=O) groups is 3. The van der Waals surface area contributed by atoms with E-state index in [2.05, 4.69) is 22.5 Å². The van der Waals surface area contributed by atoms with Crippen LogP contribution in [0.25, 0.3) is 0 Å². The fourth-order valence-electron chi connectivity index (χ4n) is 4.03. The number of urea groups is 1. The van der Waals surface area contributed by atoms with Gasteiger partial charge in [-0.05, 0) is 71.1 Å². The van der Waals surface area contributed by atoms with E-state index < -0.39 is 11.4 Å². The Morgan fingerprint density at radius 2 is 1.82 bits per heavy atom. The van der Waals surface area contributed by atoms with Gasteiger partial charge < -0.3 is 31.5 Å². The molecule has 1 fully saturated rings. The van der Waals surface area contributed by atoms with E-state index in [9.17, 15) is 14.4 Å². The van der Waals surface area contributed by atoms with Gasteiger partial charge in [0.15, 0.2) is 0 Å². The zero-order valence-electron chi connectivity index (χ0n) is 20.1. The Labute approximate surface area is 199 Å². The van der Waals surface area contributed by atoms with Gasteiger partial charge in [0.2, 0.25) is 5.91 Å². The lowest BCUT2D eigenvalue weighted by Gasteiger charge is -2.35. The SMILES string of the molecule is C=CC(=O)Nc1ccc(C(=O)NC(=N)C2=C(N)C(C)(C)N(C(=O)NC3(CN(C)C)CC3)C2)cc1. The summed E-state index contributed by atoms with van der Waals surface area (Å²) in [4.78, 5) is 40.8. The Bertz CT molecular complexity index is 1050. The summed E-state index contributed by atoms with van der Waals surface area (Å²) in [7, 11) is 3.94. The van der Waals surface area contributed by atoms with Crippen LogP contribution in [0.2, 0.25) is 0 Å². The number of anilines is 1. The minimum absolute atomic E-state index is 0.119. The maximum Gasteiger partial charge on any atom is 0.318 e. The monoisotopic (exact) mass is 467 g/mol. The van der Waals surface area contributed by atoms with Crippen LogP contribution in [0, 0.1) is 5.41 Å². The lowest BCUT2D eigenvalue weighted by Crippen LogP contribution is -2.55. The van der Waals surface area contributed by atoms with Gasteiger partial charge in [0.1, 0.15) is 5.84 Å². The lowest BCUT2D eigenvalue weighted by molar-refractivity contribution is -0.111. The first-order valence-electron chi connectivity index (χ1n) is 11.1. The predicted octanol–water partition coefficient (Wildman–Crippen LogP) is 1.63. The summed E-state index contributed by atoms with van der Waals surface area (Å²) in [6.07, 6.45) is 2.99. The number of amides is 4. The normalized spacial score (nSPS) is 17.9. The number of hydrogen-bond acceptors (Lipinski definition) is 6. The van der Waals surface area contributed by atoms with Crippen molar-refractivity contribution in [1.29, 1.82) is 5.41 Å². The van der Waals surface area contributed by atoms with Crippen LogP contribution in [0.3, 0.4) is 0 Å². The second kappa shape index (κ2) is 9.30. The number of benzene rings is 1. The van der Waals surface area contributed by atoms with Crippen molar-refractivity contribution in [1.82, 2.24) is 20.4 Å². The van der Waals surface area contributed by atoms with Crippen LogP contribution >= 0.6 is 0 Å². The van der Waals surface area contributed by atoms with Crippen LogP contribution in [0.4, 0.5) is 10.5 Å². The maximum atomic E-state index is 13.1. The van der Waals surface area contributed by atoms with Crippen molar-refractivity contribution < 1.29 is 14.4 Å². The molecular formula is C24H33N7O3. The smallest absolute Gasteiger partial charge is 0.318 e. The van der Waals surface area contributed by atoms with Crippen LogP contribution < -0.4 is 21.7 Å². The maximum absolute atomic E-state index is 13.1. The molecule has 10 nitrogen and oxygen atoms in total. The number of likely N-dealkylation sites (N-methyl/N-ethyl adjacent to an activating group) is 1. The van der Waals surface area contributed by atoms with E-state index >= 15 is 0 Å². The van der Waals surface area contributed by atoms with Gasteiger partial charge in [0, 0.05) is 29.1 Å². The third-order valence-corrected chi connectivity index (χ3v) is 6.21.